The third-order valence-corrected chi connectivity index (χ3v) is 5.76. The van der Waals surface area contributed by atoms with Gasteiger partial charge in [-0.3, -0.25) is 0 Å². The van der Waals surface area contributed by atoms with E-state index < -0.39 is 5.67 Å². The van der Waals surface area contributed by atoms with Crippen LogP contribution < -0.4 is 11.5 Å². The molecule has 4 heteroatoms. The SMILES string of the molecule is C=C(C)C.C=CC.C=Cc1c(/C=C(\N)C2CC2)c(C)cc2c1CCCC2C.CC=O.CCC(C)(C)F.CN. The van der Waals surface area contributed by atoms with Crippen LogP contribution in [0.3, 0.4) is 0 Å². The molecule has 4 N–H and O–H groups in total. The van der Waals surface area contributed by atoms with E-state index in [0.29, 0.717) is 18.3 Å². The van der Waals surface area contributed by atoms with Crippen molar-refractivity contribution in [3.8, 4) is 0 Å². The predicted molar refractivity (Wildman–Crippen MR) is 171 cm³/mol. The zero-order valence-corrected chi connectivity index (χ0v) is 26.3. The van der Waals surface area contributed by atoms with E-state index in [4.69, 9.17) is 10.5 Å². The Hall–Kier alpha value is -2.46. The average Bonchev–Trinajstić information content (AvgIpc) is 3.68. The van der Waals surface area contributed by atoms with Gasteiger partial charge < -0.3 is 16.3 Å². The van der Waals surface area contributed by atoms with Crippen LogP contribution in [0.15, 0.2) is 43.1 Å². The van der Waals surface area contributed by atoms with Crippen LogP contribution >= 0.6 is 0 Å². The summed E-state index contributed by atoms with van der Waals surface area (Å²) in [5, 5.41) is 0. The molecule has 0 saturated heterocycles. The molecule has 0 aliphatic heterocycles. The van der Waals surface area contributed by atoms with E-state index in [-0.39, 0.29) is 0 Å². The van der Waals surface area contributed by atoms with Crippen molar-refractivity contribution in [1.82, 2.24) is 0 Å². The van der Waals surface area contributed by atoms with Gasteiger partial charge in [-0.25, -0.2) is 4.39 Å². The molecule has 3 nitrogen and oxygen atoms in total. The van der Waals surface area contributed by atoms with E-state index in [0.717, 1.165) is 12.0 Å². The van der Waals surface area contributed by atoms with Gasteiger partial charge in [0.1, 0.15) is 12.0 Å². The number of carbonyl (C=O) groups is 1. The molecule has 218 valence electrons. The summed E-state index contributed by atoms with van der Waals surface area (Å²) in [4.78, 5) is 8.81. The minimum absolute atomic E-state index is 0.604. The number of aldehydes is 1. The Labute approximate surface area is 235 Å². The van der Waals surface area contributed by atoms with Gasteiger partial charge in [-0.2, -0.15) is 0 Å². The van der Waals surface area contributed by atoms with Gasteiger partial charge in [-0.05, 0) is 140 Å². The highest BCUT2D eigenvalue weighted by molar-refractivity contribution is 5.72. The van der Waals surface area contributed by atoms with Gasteiger partial charge in [0.15, 0.2) is 0 Å². The maximum atomic E-state index is 12.1. The summed E-state index contributed by atoms with van der Waals surface area (Å²) in [6, 6.07) is 2.39. The van der Waals surface area contributed by atoms with Crippen LogP contribution in [0.2, 0.25) is 0 Å². The van der Waals surface area contributed by atoms with E-state index in [1.165, 1.54) is 79.5 Å². The second-order valence-electron chi connectivity index (χ2n) is 10.4. The first-order chi connectivity index (χ1) is 17.7. The number of carbonyl (C=O) groups excluding carboxylic acids is 1. The number of allylic oxidation sites excluding steroid dienone is 3. The van der Waals surface area contributed by atoms with Crippen molar-refractivity contribution in [2.75, 3.05) is 7.05 Å². The number of fused-ring (bicyclic) bond motifs is 1. The maximum absolute atomic E-state index is 12.1. The van der Waals surface area contributed by atoms with Gasteiger partial charge in [0, 0.05) is 5.70 Å². The smallest absolute Gasteiger partial charge is 0.116 e. The molecule has 2 aliphatic carbocycles. The molecule has 0 radical (unpaired) electrons. The Balaban J connectivity index is -0.000000563. The Bertz CT molecular complexity index is 848. The van der Waals surface area contributed by atoms with Gasteiger partial charge in [0.25, 0.3) is 0 Å². The lowest BCUT2D eigenvalue weighted by Gasteiger charge is -2.26. The lowest BCUT2D eigenvalue weighted by Crippen LogP contribution is -2.11. The van der Waals surface area contributed by atoms with Crippen LogP contribution in [0.25, 0.3) is 12.2 Å². The number of rotatable bonds is 4. The van der Waals surface area contributed by atoms with Gasteiger partial charge in [-0.15, -0.1) is 13.2 Å². The molecular formula is C34H59FN2O. The Kier molecular flexibility index (Phi) is 23.7. The summed E-state index contributed by atoms with van der Waals surface area (Å²) in [5.41, 5.74) is 19.0. The number of nitrogens with two attached hydrogens (primary N) is 2. The molecule has 0 bridgehead atoms. The van der Waals surface area contributed by atoms with E-state index in [9.17, 15) is 4.39 Å². The molecule has 38 heavy (non-hydrogen) atoms. The molecule has 0 amide bonds. The average molecular weight is 531 g/mol. The van der Waals surface area contributed by atoms with E-state index in [2.05, 4.69) is 51.5 Å². The largest absolute Gasteiger partial charge is 0.402 e. The van der Waals surface area contributed by atoms with Crippen LogP contribution in [0.5, 0.6) is 0 Å². The third kappa shape index (κ3) is 18.7. The van der Waals surface area contributed by atoms with Crippen LogP contribution in [0.1, 0.15) is 121 Å². The van der Waals surface area contributed by atoms with Gasteiger partial charge >= 0.3 is 0 Å². The van der Waals surface area contributed by atoms with E-state index in [1.807, 2.05) is 33.8 Å². The predicted octanol–water partition coefficient (Wildman–Crippen LogP) is 9.49. The number of benzene rings is 1. The first-order valence-electron chi connectivity index (χ1n) is 13.9. The first kappa shape index (κ1) is 40.0. The fraction of sp³-hybridized carbons (Fsp3) is 0.559. The first-order valence-corrected chi connectivity index (χ1v) is 13.9. The fourth-order valence-corrected chi connectivity index (χ4v) is 3.51. The molecule has 1 fully saturated rings. The zero-order valence-electron chi connectivity index (χ0n) is 26.3. The minimum Gasteiger partial charge on any atom is -0.402 e. The molecule has 1 unspecified atom stereocenters. The standard InChI is InChI=1S/C19H25N.C5H11F.C4H8.C3H6.C2H4O.CH5N/c1-4-15-16-7-5-6-12(2)17(16)10-13(3)18(15)11-19(20)14-8-9-14;1-4-5(2,3)6;1-4(2)3;1-3-2;1-2-3;1-2/h4,10-12,14H,1,5-9,20H2,2-3H3;4H2,1-3H3;1H2,2-3H3;3H,1H2,2H3;2H,1H3;2H2,1H3/b19-11-;;;;;. The van der Waals surface area contributed by atoms with Crippen molar-refractivity contribution in [2.45, 2.75) is 112 Å². The molecule has 1 aromatic carbocycles. The van der Waals surface area contributed by atoms with Crippen molar-refractivity contribution in [3.63, 3.8) is 0 Å². The van der Waals surface area contributed by atoms with Gasteiger partial charge in [0.2, 0.25) is 0 Å². The molecule has 0 aromatic heterocycles. The molecule has 2 aliphatic rings. The van der Waals surface area contributed by atoms with E-state index in [1.54, 1.807) is 19.9 Å². The number of hydrogen-bond donors (Lipinski definition) is 2. The minimum atomic E-state index is -0.958. The topological polar surface area (TPSA) is 69.1 Å². The summed E-state index contributed by atoms with van der Waals surface area (Å²) in [7, 11) is 1.50. The molecule has 3 rings (SSSR count). The van der Waals surface area contributed by atoms with Crippen LogP contribution in [0.4, 0.5) is 4.39 Å². The van der Waals surface area contributed by atoms with Crippen LogP contribution in [-0.4, -0.2) is 19.0 Å². The quantitative estimate of drug-likeness (QED) is 0.301. The highest BCUT2D eigenvalue weighted by atomic mass is 19.1. The van der Waals surface area contributed by atoms with Crippen molar-refractivity contribution >= 4 is 18.4 Å². The van der Waals surface area contributed by atoms with Gasteiger partial charge in [-0.1, -0.05) is 44.2 Å². The molecule has 1 atom stereocenters. The zero-order chi connectivity index (χ0) is 30.5. The monoisotopic (exact) mass is 530 g/mol. The van der Waals surface area contributed by atoms with Crippen LogP contribution in [0, 0.1) is 12.8 Å². The maximum Gasteiger partial charge on any atom is 0.116 e. The summed E-state index contributed by atoms with van der Waals surface area (Å²) >= 11 is 0. The van der Waals surface area contributed by atoms with E-state index >= 15 is 0 Å². The van der Waals surface area contributed by atoms with Crippen molar-refractivity contribution in [2.24, 2.45) is 17.4 Å². The lowest BCUT2D eigenvalue weighted by molar-refractivity contribution is -0.106. The normalized spacial score (nSPS) is 15.3. The van der Waals surface area contributed by atoms with Crippen LogP contribution in [-0.2, 0) is 11.2 Å². The molecule has 0 spiro atoms. The Morgan fingerprint density at radius 2 is 1.55 bits per heavy atom. The second kappa shape index (κ2) is 22.5. The summed E-state index contributed by atoms with van der Waals surface area (Å²) in [6.07, 6.45) is 13.7. The third-order valence-electron chi connectivity index (χ3n) is 5.76. The van der Waals surface area contributed by atoms with Crippen molar-refractivity contribution < 1.29 is 9.18 Å². The molecule has 1 saturated carbocycles. The lowest BCUT2D eigenvalue weighted by atomic mass is 9.78. The number of hydrogen-bond acceptors (Lipinski definition) is 3. The molecule has 1 aromatic rings. The Morgan fingerprint density at radius 1 is 1.13 bits per heavy atom. The number of aryl methyl sites for hydroxylation is 1. The highest BCUT2D eigenvalue weighted by Gasteiger charge is 2.25. The van der Waals surface area contributed by atoms with Gasteiger partial charge in [0.05, 0.1) is 0 Å². The second-order valence-corrected chi connectivity index (χ2v) is 10.4. The van der Waals surface area contributed by atoms with Crippen molar-refractivity contribution in [1.29, 1.82) is 0 Å². The fourth-order valence-electron chi connectivity index (χ4n) is 3.51. The Morgan fingerprint density at radius 3 is 1.89 bits per heavy atom. The van der Waals surface area contributed by atoms with Crippen molar-refractivity contribution in [3.05, 3.63) is 71.0 Å². The summed E-state index contributed by atoms with van der Waals surface area (Å²) in [6.45, 7) is 27.8. The number of halogens is 1. The summed E-state index contributed by atoms with van der Waals surface area (Å²) in [5.74, 6) is 1.30. The highest BCUT2D eigenvalue weighted by Crippen LogP contribution is 2.39. The molecule has 0 heterocycles. The number of alkyl halides is 1. The molecular weight excluding hydrogens is 471 g/mol. The summed E-state index contributed by atoms with van der Waals surface area (Å²) < 4.78 is 12.1.